The molecule has 2 fully saturated rings. The number of para-hydroxylation sites is 1. The summed E-state index contributed by atoms with van der Waals surface area (Å²) in [5.74, 6) is 2.33. The number of aryl methyl sites for hydroxylation is 1. The maximum Gasteiger partial charge on any atom is 0.257 e. The molecule has 0 aliphatic carbocycles. The molecule has 0 bridgehead atoms. The number of carbonyl (C=O) groups is 1. The first-order valence-corrected chi connectivity index (χ1v) is 11.1. The van der Waals surface area contributed by atoms with Crippen molar-refractivity contribution >= 4 is 5.91 Å². The Morgan fingerprint density at radius 3 is 2.66 bits per heavy atom. The highest BCUT2D eigenvalue weighted by atomic mass is 16.5. The highest BCUT2D eigenvalue weighted by molar-refractivity contribution is 5.77. The maximum atomic E-state index is 12.8. The number of methoxy groups -OCH3 is 1. The summed E-state index contributed by atoms with van der Waals surface area (Å²) in [6.45, 7) is 2.52. The van der Waals surface area contributed by atoms with Crippen molar-refractivity contribution in [3.63, 3.8) is 0 Å². The molecular weight excluding hydrogens is 404 g/mol. The SMILES string of the molecule is COc1ccccc1CCC(=O)N1CC2(CC(c3noc(-c4ccccc4)n3)N(C)C2)C1. The lowest BCUT2D eigenvalue weighted by molar-refractivity contribution is -0.142. The number of likely N-dealkylation sites (tertiary alicyclic amines) is 2. The Kier molecular flexibility index (Phi) is 5.43. The van der Waals surface area contributed by atoms with Gasteiger partial charge in [-0.1, -0.05) is 41.6 Å². The molecule has 1 aromatic heterocycles. The second-order valence-electron chi connectivity index (χ2n) is 9.02. The molecule has 3 aromatic rings. The van der Waals surface area contributed by atoms with Crippen LogP contribution in [0.25, 0.3) is 11.5 Å². The molecule has 2 aliphatic rings. The molecule has 0 saturated carbocycles. The monoisotopic (exact) mass is 432 g/mol. The summed E-state index contributed by atoms with van der Waals surface area (Å²) in [7, 11) is 3.77. The number of amides is 1. The van der Waals surface area contributed by atoms with Crippen molar-refractivity contribution in [3.8, 4) is 17.2 Å². The van der Waals surface area contributed by atoms with Crippen LogP contribution in [-0.2, 0) is 11.2 Å². The van der Waals surface area contributed by atoms with E-state index < -0.39 is 0 Å². The number of benzene rings is 2. The van der Waals surface area contributed by atoms with Gasteiger partial charge < -0.3 is 14.2 Å². The van der Waals surface area contributed by atoms with Crippen LogP contribution >= 0.6 is 0 Å². The topological polar surface area (TPSA) is 71.7 Å². The molecule has 3 heterocycles. The van der Waals surface area contributed by atoms with Crippen LogP contribution in [0, 0.1) is 5.41 Å². The highest BCUT2D eigenvalue weighted by Crippen LogP contribution is 2.47. The number of rotatable bonds is 6. The van der Waals surface area contributed by atoms with Crippen LogP contribution in [0.5, 0.6) is 5.75 Å². The summed E-state index contributed by atoms with van der Waals surface area (Å²) in [6.07, 6.45) is 2.13. The van der Waals surface area contributed by atoms with Gasteiger partial charge in [0, 0.05) is 37.0 Å². The fraction of sp³-hybridized carbons (Fsp3) is 0.400. The summed E-state index contributed by atoms with van der Waals surface area (Å²) in [5, 5.41) is 4.26. The van der Waals surface area contributed by atoms with Crippen LogP contribution in [0.4, 0.5) is 0 Å². The number of hydrogen-bond donors (Lipinski definition) is 0. The lowest BCUT2D eigenvalue weighted by atomic mass is 9.77. The molecule has 166 valence electrons. The molecule has 1 unspecified atom stereocenters. The molecule has 1 amide bonds. The minimum absolute atomic E-state index is 0.113. The predicted octanol–water partition coefficient (Wildman–Crippen LogP) is 3.58. The first-order valence-electron chi connectivity index (χ1n) is 11.1. The molecule has 0 radical (unpaired) electrons. The number of hydrogen-bond acceptors (Lipinski definition) is 6. The van der Waals surface area contributed by atoms with Gasteiger partial charge in [0.1, 0.15) is 5.75 Å². The summed E-state index contributed by atoms with van der Waals surface area (Å²) >= 11 is 0. The lowest BCUT2D eigenvalue weighted by Gasteiger charge is -2.48. The average Bonchev–Trinajstić information content (AvgIpc) is 3.42. The molecule has 32 heavy (non-hydrogen) atoms. The van der Waals surface area contributed by atoms with Crippen molar-refractivity contribution in [2.75, 3.05) is 33.8 Å². The molecule has 5 rings (SSSR count). The quantitative estimate of drug-likeness (QED) is 0.593. The Labute approximate surface area is 188 Å². The Morgan fingerprint density at radius 1 is 1.12 bits per heavy atom. The number of aromatic nitrogens is 2. The fourth-order valence-electron chi connectivity index (χ4n) is 5.10. The number of carbonyl (C=O) groups excluding carboxylic acids is 1. The second kappa shape index (κ2) is 8.39. The van der Waals surface area contributed by atoms with Crippen molar-refractivity contribution in [1.82, 2.24) is 19.9 Å². The zero-order chi connectivity index (χ0) is 22.1. The molecule has 2 saturated heterocycles. The Morgan fingerprint density at radius 2 is 1.88 bits per heavy atom. The minimum Gasteiger partial charge on any atom is -0.496 e. The van der Waals surface area contributed by atoms with Gasteiger partial charge in [-0.2, -0.15) is 4.98 Å². The summed E-state index contributed by atoms with van der Waals surface area (Å²) in [5.41, 5.74) is 2.12. The van der Waals surface area contributed by atoms with E-state index in [4.69, 9.17) is 9.26 Å². The molecule has 2 aliphatic heterocycles. The summed E-state index contributed by atoms with van der Waals surface area (Å²) in [6, 6.07) is 17.8. The van der Waals surface area contributed by atoms with Crippen molar-refractivity contribution in [3.05, 3.63) is 66.0 Å². The second-order valence-corrected chi connectivity index (χ2v) is 9.02. The smallest absolute Gasteiger partial charge is 0.257 e. The third kappa shape index (κ3) is 3.88. The Balaban J connectivity index is 1.18. The zero-order valence-corrected chi connectivity index (χ0v) is 18.5. The van der Waals surface area contributed by atoms with E-state index in [9.17, 15) is 4.79 Å². The van der Waals surface area contributed by atoms with Crippen LogP contribution in [-0.4, -0.2) is 59.6 Å². The number of nitrogens with zero attached hydrogens (tertiary/aromatic N) is 4. The number of ether oxygens (including phenoxy) is 1. The van der Waals surface area contributed by atoms with Crippen molar-refractivity contribution in [2.45, 2.75) is 25.3 Å². The van der Waals surface area contributed by atoms with Crippen LogP contribution < -0.4 is 4.74 Å². The van der Waals surface area contributed by atoms with E-state index in [-0.39, 0.29) is 17.4 Å². The van der Waals surface area contributed by atoms with E-state index in [1.54, 1.807) is 7.11 Å². The fourth-order valence-corrected chi connectivity index (χ4v) is 5.10. The molecule has 7 heteroatoms. The van der Waals surface area contributed by atoms with Gasteiger partial charge >= 0.3 is 0 Å². The first-order chi connectivity index (χ1) is 15.6. The van der Waals surface area contributed by atoms with Gasteiger partial charge in [0.2, 0.25) is 5.91 Å². The van der Waals surface area contributed by atoms with Crippen LogP contribution in [0.15, 0.2) is 59.1 Å². The first kappa shape index (κ1) is 20.7. The Bertz CT molecular complexity index is 1090. The third-order valence-electron chi connectivity index (χ3n) is 6.71. The van der Waals surface area contributed by atoms with E-state index in [0.29, 0.717) is 18.7 Å². The van der Waals surface area contributed by atoms with Gasteiger partial charge in [-0.3, -0.25) is 9.69 Å². The molecular formula is C25H28N4O3. The van der Waals surface area contributed by atoms with Gasteiger partial charge in [0.25, 0.3) is 5.89 Å². The van der Waals surface area contributed by atoms with Gasteiger partial charge in [0.05, 0.1) is 13.2 Å². The zero-order valence-electron chi connectivity index (χ0n) is 18.5. The van der Waals surface area contributed by atoms with Crippen molar-refractivity contribution in [1.29, 1.82) is 0 Å². The Hall–Kier alpha value is -3.19. The van der Waals surface area contributed by atoms with Gasteiger partial charge in [-0.05, 0) is 43.7 Å². The molecule has 7 nitrogen and oxygen atoms in total. The molecule has 0 N–H and O–H groups in total. The van der Waals surface area contributed by atoms with E-state index in [2.05, 4.69) is 22.1 Å². The van der Waals surface area contributed by atoms with E-state index >= 15 is 0 Å². The molecule has 1 atom stereocenters. The molecule has 2 aromatic carbocycles. The van der Waals surface area contributed by atoms with Crippen molar-refractivity contribution in [2.24, 2.45) is 5.41 Å². The average molecular weight is 433 g/mol. The van der Waals surface area contributed by atoms with Gasteiger partial charge in [-0.25, -0.2) is 0 Å². The third-order valence-corrected chi connectivity index (χ3v) is 6.71. The molecule has 1 spiro atoms. The van der Waals surface area contributed by atoms with Crippen LogP contribution in [0.3, 0.4) is 0 Å². The minimum atomic E-state index is 0.113. The van der Waals surface area contributed by atoms with E-state index in [1.165, 1.54) is 0 Å². The summed E-state index contributed by atoms with van der Waals surface area (Å²) in [4.78, 5) is 21.7. The van der Waals surface area contributed by atoms with Crippen molar-refractivity contribution < 1.29 is 14.1 Å². The standard InChI is InChI=1S/C25H28N4O3/c1-28-15-25(14-20(28)23-26-24(32-27-23)19-9-4-3-5-10-19)16-29(17-25)22(30)13-12-18-8-6-7-11-21(18)31-2/h3-11,20H,12-17H2,1-2H3. The normalized spacial score (nSPS) is 19.8. The maximum absolute atomic E-state index is 12.8. The lowest BCUT2D eigenvalue weighted by Crippen LogP contribution is -2.59. The van der Waals surface area contributed by atoms with E-state index in [0.717, 1.165) is 48.8 Å². The predicted molar refractivity (Wildman–Crippen MR) is 120 cm³/mol. The van der Waals surface area contributed by atoms with E-state index in [1.807, 2.05) is 59.5 Å². The summed E-state index contributed by atoms with van der Waals surface area (Å²) < 4.78 is 10.9. The largest absolute Gasteiger partial charge is 0.496 e. The van der Waals surface area contributed by atoms with Gasteiger partial charge in [-0.15, -0.1) is 0 Å². The highest BCUT2D eigenvalue weighted by Gasteiger charge is 2.52. The van der Waals surface area contributed by atoms with Gasteiger partial charge in [0.15, 0.2) is 5.82 Å². The van der Waals surface area contributed by atoms with Crippen LogP contribution in [0.1, 0.15) is 30.3 Å². The van der Waals surface area contributed by atoms with Crippen LogP contribution in [0.2, 0.25) is 0 Å².